The van der Waals surface area contributed by atoms with Crippen molar-refractivity contribution in [1.29, 1.82) is 0 Å². The summed E-state index contributed by atoms with van der Waals surface area (Å²) in [6, 6.07) is 18.6. The summed E-state index contributed by atoms with van der Waals surface area (Å²) < 4.78 is 42.5. The third kappa shape index (κ3) is 7.50. The highest BCUT2D eigenvalue weighted by Gasteiger charge is 2.32. The van der Waals surface area contributed by atoms with Crippen molar-refractivity contribution >= 4 is 52.1 Å². The maximum atomic E-state index is 12.8. The van der Waals surface area contributed by atoms with Crippen LogP contribution in [0, 0.1) is 6.92 Å². The first-order valence-electron chi connectivity index (χ1n) is 13.3. The Hall–Kier alpha value is -4.56. The Balaban J connectivity index is 1.21. The fraction of sp³-hybridized carbons (Fsp3) is 0.200. The molecule has 14 heteroatoms. The van der Waals surface area contributed by atoms with Crippen molar-refractivity contribution in [3.8, 4) is 22.8 Å². The summed E-state index contributed by atoms with van der Waals surface area (Å²) >= 11 is 6.70. The monoisotopic (exact) mass is 637 g/mol. The number of benzene rings is 3. The van der Waals surface area contributed by atoms with Gasteiger partial charge in [0.2, 0.25) is 11.0 Å². The summed E-state index contributed by atoms with van der Waals surface area (Å²) in [5, 5.41) is 9.20. The summed E-state index contributed by atoms with van der Waals surface area (Å²) in [6.07, 6.45) is -1.71. The number of thiocarbonyl (C=S) groups is 1. The number of aliphatic imine (C=N–C) groups is 1. The van der Waals surface area contributed by atoms with E-state index in [1.807, 2.05) is 49.4 Å². The molecule has 0 atom stereocenters. The number of aryl methyl sites for hydroxylation is 1. The number of rotatable bonds is 7. The van der Waals surface area contributed by atoms with Crippen LogP contribution in [0.2, 0.25) is 0 Å². The van der Waals surface area contributed by atoms with Gasteiger partial charge in [0.25, 0.3) is 0 Å². The molecule has 0 aliphatic carbocycles. The molecule has 3 aromatic carbocycles. The summed E-state index contributed by atoms with van der Waals surface area (Å²) in [6.45, 7) is 6.15. The first-order chi connectivity index (χ1) is 21.0. The number of hydrogen-bond acceptors (Lipinski definition) is 7. The van der Waals surface area contributed by atoms with Crippen LogP contribution in [-0.2, 0) is 4.79 Å². The van der Waals surface area contributed by atoms with Gasteiger partial charge in [0.1, 0.15) is 12.1 Å². The van der Waals surface area contributed by atoms with E-state index >= 15 is 0 Å². The smallest absolute Gasteiger partial charge is 0.406 e. The molecule has 0 radical (unpaired) electrons. The van der Waals surface area contributed by atoms with Gasteiger partial charge in [0, 0.05) is 5.56 Å². The Morgan fingerprint density at radius 3 is 2.52 bits per heavy atom. The highest BCUT2D eigenvalue weighted by molar-refractivity contribution is 8.15. The highest BCUT2D eigenvalue weighted by Crippen LogP contribution is 2.34. The maximum absolute atomic E-state index is 12.8. The van der Waals surface area contributed by atoms with Crippen molar-refractivity contribution in [3.05, 3.63) is 89.7 Å². The first-order valence-corrected chi connectivity index (χ1v) is 14.7. The molecule has 5 rings (SSSR count). The number of amidine groups is 1. The predicted octanol–water partition coefficient (Wildman–Crippen LogP) is 6.61. The number of amides is 1. The number of nitrogens with one attached hydrogen (secondary N) is 1. The molecule has 1 fully saturated rings. The van der Waals surface area contributed by atoms with Crippen LogP contribution in [0.25, 0.3) is 17.1 Å². The molecule has 1 aliphatic rings. The normalized spacial score (nSPS) is 14.7. The van der Waals surface area contributed by atoms with Crippen LogP contribution in [0.5, 0.6) is 5.75 Å². The number of carbonyl (C=O) groups is 1. The van der Waals surface area contributed by atoms with Crippen LogP contribution in [0.4, 0.5) is 18.9 Å². The SMILES string of the molecule is Cc1ccc(C(C)C)c(N2C(=O)CSC2=NC(=S)N/N=C/c2ccc(-c3ncn(-c4ccc(OC(F)(F)F)cc4)n3)cc2)c1. The van der Waals surface area contributed by atoms with E-state index in [-0.39, 0.29) is 28.4 Å². The van der Waals surface area contributed by atoms with Crippen molar-refractivity contribution < 1.29 is 22.7 Å². The van der Waals surface area contributed by atoms with Crippen LogP contribution in [0.3, 0.4) is 0 Å². The molecule has 0 unspecified atom stereocenters. The van der Waals surface area contributed by atoms with Crippen molar-refractivity contribution in [2.75, 3.05) is 10.7 Å². The summed E-state index contributed by atoms with van der Waals surface area (Å²) in [5.41, 5.74) is 7.67. The van der Waals surface area contributed by atoms with E-state index in [0.29, 0.717) is 16.7 Å². The average molecular weight is 638 g/mol. The van der Waals surface area contributed by atoms with Crippen LogP contribution in [0.1, 0.15) is 36.5 Å². The third-order valence-corrected chi connectivity index (χ3v) is 7.49. The lowest BCUT2D eigenvalue weighted by Crippen LogP contribution is -2.31. The molecule has 1 saturated heterocycles. The number of thioether (sulfide) groups is 1. The molecule has 4 aromatic rings. The number of hydrazone groups is 1. The third-order valence-electron chi connectivity index (χ3n) is 6.38. The number of nitrogens with zero attached hydrogens (tertiary/aromatic N) is 6. The second-order valence-electron chi connectivity index (χ2n) is 9.98. The largest absolute Gasteiger partial charge is 0.573 e. The number of ether oxygens (including phenoxy) is 1. The average Bonchev–Trinajstić information content (AvgIpc) is 3.60. The van der Waals surface area contributed by atoms with Crippen molar-refractivity contribution in [2.45, 2.75) is 33.1 Å². The van der Waals surface area contributed by atoms with Gasteiger partial charge in [-0.15, -0.1) is 18.3 Å². The van der Waals surface area contributed by atoms with Gasteiger partial charge >= 0.3 is 6.36 Å². The fourth-order valence-corrected chi connectivity index (χ4v) is 5.39. The van der Waals surface area contributed by atoms with Crippen LogP contribution < -0.4 is 15.1 Å². The molecule has 1 aliphatic heterocycles. The topological polar surface area (TPSA) is 97.0 Å². The lowest BCUT2D eigenvalue weighted by atomic mass is 9.99. The van der Waals surface area contributed by atoms with E-state index in [1.165, 1.54) is 47.0 Å². The van der Waals surface area contributed by atoms with Gasteiger partial charge in [0.05, 0.1) is 23.3 Å². The molecule has 0 bridgehead atoms. The van der Waals surface area contributed by atoms with E-state index in [0.717, 1.165) is 27.9 Å². The lowest BCUT2D eigenvalue weighted by Gasteiger charge is -2.22. The van der Waals surface area contributed by atoms with Gasteiger partial charge in [-0.2, -0.15) is 10.1 Å². The van der Waals surface area contributed by atoms with Gasteiger partial charge in [0.15, 0.2) is 11.0 Å². The van der Waals surface area contributed by atoms with Gasteiger partial charge < -0.3 is 4.74 Å². The highest BCUT2D eigenvalue weighted by atomic mass is 32.2. The minimum absolute atomic E-state index is 0.0552. The number of aromatic nitrogens is 3. The number of halogens is 3. The molecule has 44 heavy (non-hydrogen) atoms. The molecule has 1 N–H and O–H groups in total. The number of anilines is 1. The molecule has 1 amide bonds. The van der Waals surface area contributed by atoms with Crippen molar-refractivity contribution in [2.24, 2.45) is 10.1 Å². The summed E-state index contributed by atoms with van der Waals surface area (Å²) in [7, 11) is 0. The zero-order chi connectivity index (χ0) is 31.4. The van der Waals surface area contributed by atoms with Gasteiger partial charge in [-0.25, -0.2) is 9.67 Å². The van der Waals surface area contributed by atoms with E-state index in [2.05, 4.69) is 44.2 Å². The molecular formula is C30H26F3N7O2S2. The first kappa shape index (κ1) is 30.9. The Bertz CT molecular complexity index is 1730. The van der Waals surface area contributed by atoms with Gasteiger partial charge in [-0.3, -0.25) is 15.1 Å². The molecule has 0 spiro atoms. The minimum Gasteiger partial charge on any atom is -0.406 e. The van der Waals surface area contributed by atoms with Crippen LogP contribution >= 0.6 is 24.0 Å². The fourth-order valence-electron chi connectivity index (χ4n) is 4.33. The summed E-state index contributed by atoms with van der Waals surface area (Å²) in [4.78, 5) is 23.2. The second-order valence-corrected chi connectivity index (χ2v) is 11.3. The number of hydrogen-bond donors (Lipinski definition) is 1. The van der Waals surface area contributed by atoms with E-state index in [9.17, 15) is 18.0 Å². The Labute approximate surface area is 260 Å². The van der Waals surface area contributed by atoms with Gasteiger partial charge in [-0.05, 0) is 72.1 Å². The standard InChI is InChI=1S/C30H26F3N7O2S2/c1-18(2)24-13-4-19(3)14-25(24)40-26(41)16-44-29(40)36-28(43)37-35-15-20-5-7-21(8-6-20)27-34-17-39(38-27)22-9-11-23(12-10-22)42-30(31,32)33/h4-15,17-18H,16H2,1-3H3,(H,37,43)/b35-15+,36-29?. The quantitative estimate of drug-likeness (QED) is 0.138. The van der Waals surface area contributed by atoms with Crippen LogP contribution in [-0.4, -0.2) is 49.3 Å². The minimum atomic E-state index is -4.76. The Morgan fingerprint density at radius 1 is 1.11 bits per heavy atom. The van der Waals surface area contributed by atoms with E-state index in [4.69, 9.17) is 12.2 Å². The Morgan fingerprint density at radius 2 is 1.84 bits per heavy atom. The molecule has 226 valence electrons. The maximum Gasteiger partial charge on any atom is 0.573 e. The molecular weight excluding hydrogens is 612 g/mol. The number of carbonyl (C=O) groups excluding carboxylic acids is 1. The molecule has 0 saturated carbocycles. The number of alkyl halides is 3. The molecule has 9 nitrogen and oxygen atoms in total. The molecule has 2 heterocycles. The second kappa shape index (κ2) is 13.0. The van der Waals surface area contributed by atoms with Crippen molar-refractivity contribution in [1.82, 2.24) is 20.2 Å². The van der Waals surface area contributed by atoms with Crippen LogP contribution in [0.15, 0.2) is 83.2 Å². The van der Waals surface area contributed by atoms with E-state index < -0.39 is 6.36 Å². The van der Waals surface area contributed by atoms with Gasteiger partial charge in [-0.1, -0.05) is 62.0 Å². The zero-order valence-corrected chi connectivity index (χ0v) is 25.4. The zero-order valence-electron chi connectivity index (χ0n) is 23.7. The lowest BCUT2D eigenvalue weighted by molar-refractivity contribution is -0.274. The van der Waals surface area contributed by atoms with E-state index in [1.54, 1.807) is 11.1 Å². The summed E-state index contributed by atoms with van der Waals surface area (Å²) in [5.74, 6) is 0.555. The molecule has 1 aromatic heterocycles. The Kier molecular flexibility index (Phi) is 9.11. The van der Waals surface area contributed by atoms with Crippen molar-refractivity contribution in [3.63, 3.8) is 0 Å². The predicted molar refractivity (Wildman–Crippen MR) is 169 cm³/mol.